The van der Waals surface area contributed by atoms with E-state index in [-0.39, 0.29) is 0 Å². The fourth-order valence-electron chi connectivity index (χ4n) is 2.43. The summed E-state index contributed by atoms with van der Waals surface area (Å²) in [6, 6.07) is 9.07. The van der Waals surface area contributed by atoms with Crippen LogP contribution in [0.2, 0.25) is 0 Å². The Morgan fingerprint density at radius 1 is 1.16 bits per heavy atom. The number of benzene rings is 1. The molecule has 0 saturated heterocycles. The number of aryl methyl sites for hydroxylation is 1. The van der Waals surface area contributed by atoms with Crippen LogP contribution in [0.4, 0.5) is 0 Å². The SMILES string of the molecule is CCC(C)c1ccc(C[n+]2ccn(CC)c2C)cc1. The molecule has 1 aromatic heterocycles. The van der Waals surface area contributed by atoms with E-state index in [9.17, 15) is 0 Å². The molecule has 0 N–H and O–H groups in total. The van der Waals surface area contributed by atoms with Crippen molar-refractivity contribution in [1.82, 2.24) is 4.57 Å². The van der Waals surface area contributed by atoms with E-state index in [1.165, 1.54) is 23.4 Å². The summed E-state index contributed by atoms with van der Waals surface area (Å²) in [7, 11) is 0. The Morgan fingerprint density at radius 2 is 1.84 bits per heavy atom. The predicted octanol–water partition coefficient (Wildman–Crippen LogP) is 3.67. The molecule has 19 heavy (non-hydrogen) atoms. The fourth-order valence-corrected chi connectivity index (χ4v) is 2.43. The van der Waals surface area contributed by atoms with Gasteiger partial charge in [0.05, 0.1) is 6.54 Å². The molecule has 0 aliphatic rings. The maximum absolute atomic E-state index is 2.31. The minimum atomic E-state index is 0.657. The first-order chi connectivity index (χ1) is 9.15. The van der Waals surface area contributed by atoms with Crippen LogP contribution in [0.3, 0.4) is 0 Å². The van der Waals surface area contributed by atoms with Gasteiger partial charge in [-0.2, -0.15) is 0 Å². The second kappa shape index (κ2) is 6.05. The van der Waals surface area contributed by atoms with Gasteiger partial charge in [-0.15, -0.1) is 0 Å². The molecule has 1 unspecified atom stereocenters. The molecule has 1 heterocycles. The average Bonchev–Trinajstić information content (AvgIpc) is 2.79. The monoisotopic (exact) mass is 257 g/mol. The normalized spacial score (nSPS) is 12.6. The van der Waals surface area contributed by atoms with Gasteiger partial charge in [0.1, 0.15) is 18.9 Å². The fraction of sp³-hybridized carbons (Fsp3) is 0.471. The highest BCUT2D eigenvalue weighted by atomic mass is 15.1. The van der Waals surface area contributed by atoms with Gasteiger partial charge in [0.2, 0.25) is 0 Å². The van der Waals surface area contributed by atoms with E-state index in [2.05, 4.69) is 73.5 Å². The molecular formula is C17H25N2+. The minimum Gasteiger partial charge on any atom is -0.235 e. The van der Waals surface area contributed by atoms with Crippen molar-refractivity contribution in [3.05, 3.63) is 53.6 Å². The summed E-state index contributed by atoms with van der Waals surface area (Å²) in [5, 5.41) is 0. The van der Waals surface area contributed by atoms with Crippen LogP contribution in [0.1, 0.15) is 50.1 Å². The molecule has 0 aliphatic carbocycles. The van der Waals surface area contributed by atoms with E-state index in [0.29, 0.717) is 5.92 Å². The third-order valence-corrected chi connectivity index (χ3v) is 4.11. The second-order valence-corrected chi connectivity index (χ2v) is 5.31. The molecule has 2 heteroatoms. The minimum absolute atomic E-state index is 0.657. The summed E-state index contributed by atoms with van der Waals surface area (Å²) in [4.78, 5) is 0. The Balaban J connectivity index is 2.13. The van der Waals surface area contributed by atoms with Crippen molar-refractivity contribution in [3.8, 4) is 0 Å². The summed E-state index contributed by atoms with van der Waals surface area (Å²) in [5.41, 5.74) is 2.81. The average molecular weight is 257 g/mol. The van der Waals surface area contributed by atoms with Crippen LogP contribution >= 0.6 is 0 Å². The first-order valence-electron chi connectivity index (χ1n) is 7.29. The third kappa shape index (κ3) is 3.06. The van der Waals surface area contributed by atoms with Crippen molar-refractivity contribution in [1.29, 1.82) is 0 Å². The van der Waals surface area contributed by atoms with Crippen LogP contribution in [0.15, 0.2) is 36.7 Å². The van der Waals surface area contributed by atoms with Gasteiger partial charge < -0.3 is 0 Å². The van der Waals surface area contributed by atoms with E-state index in [4.69, 9.17) is 0 Å². The van der Waals surface area contributed by atoms with Gasteiger partial charge in [0, 0.05) is 6.92 Å². The lowest BCUT2D eigenvalue weighted by atomic mass is 9.98. The third-order valence-electron chi connectivity index (χ3n) is 4.11. The van der Waals surface area contributed by atoms with Crippen molar-refractivity contribution in [3.63, 3.8) is 0 Å². The lowest BCUT2D eigenvalue weighted by Gasteiger charge is -2.09. The largest absolute Gasteiger partial charge is 0.253 e. The lowest BCUT2D eigenvalue weighted by Crippen LogP contribution is -2.36. The maximum Gasteiger partial charge on any atom is 0.253 e. The van der Waals surface area contributed by atoms with Crippen LogP contribution in [0, 0.1) is 6.92 Å². The number of imidazole rings is 1. The molecule has 0 aliphatic heterocycles. The Morgan fingerprint density at radius 3 is 2.37 bits per heavy atom. The summed E-state index contributed by atoms with van der Waals surface area (Å²) in [6.07, 6.45) is 5.52. The first-order valence-corrected chi connectivity index (χ1v) is 7.29. The summed E-state index contributed by atoms with van der Waals surface area (Å²) in [5.74, 6) is 1.97. The summed E-state index contributed by atoms with van der Waals surface area (Å²) >= 11 is 0. The van der Waals surface area contributed by atoms with E-state index in [1.807, 2.05) is 0 Å². The van der Waals surface area contributed by atoms with E-state index in [1.54, 1.807) is 0 Å². The Kier molecular flexibility index (Phi) is 4.41. The Bertz CT molecular complexity index is 523. The lowest BCUT2D eigenvalue weighted by molar-refractivity contribution is -0.694. The molecule has 2 rings (SSSR count). The Labute approximate surface area is 116 Å². The molecule has 1 atom stereocenters. The molecule has 0 fully saturated rings. The number of aromatic nitrogens is 2. The van der Waals surface area contributed by atoms with Gasteiger partial charge in [-0.05, 0) is 30.4 Å². The highest BCUT2D eigenvalue weighted by Gasteiger charge is 2.11. The van der Waals surface area contributed by atoms with Crippen molar-refractivity contribution in [2.75, 3.05) is 0 Å². The first kappa shape index (κ1) is 13.9. The van der Waals surface area contributed by atoms with Crippen molar-refractivity contribution >= 4 is 0 Å². The molecule has 1 aromatic carbocycles. The number of hydrogen-bond acceptors (Lipinski definition) is 0. The predicted molar refractivity (Wildman–Crippen MR) is 79.3 cm³/mol. The van der Waals surface area contributed by atoms with Crippen LogP contribution < -0.4 is 4.57 Å². The zero-order chi connectivity index (χ0) is 13.8. The smallest absolute Gasteiger partial charge is 0.235 e. The topological polar surface area (TPSA) is 8.81 Å². The second-order valence-electron chi connectivity index (χ2n) is 5.31. The van der Waals surface area contributed by atoms with Gasteiger partial charge in [0.15, 0.2) is 0 Å². The van der Waals surface area contributed by atoms with Crippen molar-refractivity contribution in [2.24, 2.45) is 0 Å². The van der Waals surface area contributed by atoms with Gasteiger partial charge in [-0.25, -0.2) is 9.13 Å². The molecule has 0 spiro atoms. The van der Waals surface area contributed by atoms with Gasteiger partial charge in [-0.3, -0.25) is 0 Å². The van der Waals surface area contributed by atoms with Crippen molar-refractivity contribution in [2.45, 2.75) is 53.1 Å². The van der Waals surface area contributed by atoms with Gasteiger partial charge >= 0.3 is 0 Å². The Hall–Kier alpha value is -1.57. The molecule has 2 nitrogen and oxygen atoms in total. The van der Waals surface area contributed by atoms with Gasteiger partial charge in [-0.1, -0.05) is 38.1 Å². The molecular weight excluding hydrogens is 232 g/mol. The zero-order valence-electron chi connectivity index (χ0n) is 12.6. The zero-order valence-corrected chi connectivity index (χ0v) is 12.6. The van der Waals surface area contributed by atoms with E-state index in [0.717, 1.165) is 13.1 Å². The molecule has 102 valence electrons. The molecule has 0 saturated carbocycles. The molecule has 2 aromatic rings. The molecule has 0 radical (unpaired) electrons. The molecule has 0 bridgehead atoms. The summed E-state index contributed by atoms with van der Waals surface area (Å²) < 4.78 is 4.58. The highest BCUT2D eigenvalue weighted by Crippen LogP contribution is 2.18. The highest BCUT2D eigenvalue weighted by molar-refractivity contribution is 5.24. The van der Waals surface area contributed by atoms with E-state index < -0.39 is 0 Å². The number of nitrogens with zero attached hydrogens (tertiary/aromatic N) is 2. The maximum atomic E-state index is 2.31. The van der Waals surface area contributed by atoms with Crippen LogP contribution in [-0.2, 0) is 13.1 Å². The molecule has 0 amide bonds. The standard InChI is InChI=1S/C17H25N2/c1-5-14(3)17-9-7-16(8-10-17)13-19-12-11-18(6-2)15(19)4/h7-12,14H,5-6,13H2,1-4H3/q+1. The quantitative estimate of drug-likeness (QED) is 0.723. The van der Waals surface area contributed by atoms with Crippen LogP contribution in [0.5, 0.6) is 0 Å². The number of rotatable bonds is 5. The van der Waals surface area contributed by atoms with Gasteiger partial charge in [0.25, 0.3) is 5.82 Å². The van der Waals surface area contributed by atoms with Crippen LogP contribution in [-0.4, -0.2) is 4.57 Å². The number of hydrogen-bond donors (Lipinski definition) is 0. The van der Waals surface area contributed by atoms with Crippen molar-refractivity contribution < 1.29 is 4.57 Å². The van der Waals surface area contributed by atoms with Crippen LogP contribution in [0.25, 0.3) is 0 Å². The van der Waals surface area contributed by atoms with E-state index >= 15 is 0 Å². The summed E-state index contributed by atoms with van der Waals surface area (Å²) in [6.45, 7) is 10.9.